The Morgan fingerprint density at radius 2 is 2.32 bits per heavy atom. The summed E-state index contributed by atoms with van der Waals surface area (Å²) in [5.74, 6) is 1.91. The fourth-order valence-electron chi connectivity index (χ4n) is 1.97. The Labute approximate surface area is 112 Å². The quantitative estimate of drug-likeness (QED) is 0.746. The Hall–Kier alpha value is -2.01. The first-order chi connectivity index (χ1) is 9.24. The van der Waals surface area contributed by atoms with Crippen molar-refractivity contribution in [3.63, 3.8) is 0 Å². The molecule has 1 unspecified atom stereocenters. The monoisotopic (exact) mass is 261 g/mol. The minimum atomic E-state index is 0.139. The standard InChI is InChI=1S/C14H19N3O2/c1-3-12(14-15-6-7-16-14)17-9-10-8-11(19-2)4-5-13(10)18/h4-8,12,17-18H,3,9H2,1-2H3,(H,15,16). The van der Waals surface area contributed by atoms with Crippen molar-refractivity contribution in [2.75, 3.05) is 7.11 Å². The number of phenols is 1. The van der Waals surface area contributed by atoms with Gasteiger partial charge in [-0.05, 0) is 24.6 Å². The number of methoxy groups -OCH3 is 1. The molecule has 1 heterocycles. The average molecular weight is 261 g/mol. The Kier molecular flexibility index (Phi) is 4.41. The fourth-order valence-corrected chi connectivity index (χ4v) is 1.97. The molecule has 0 fully saturated rings. The maximum Gasteiger partial charge on any atom is 0.123 e. The van der Waals surface area contributed by atoms with Crippen LogP contribution in [0.4, 0.5) is 0 Å². The number of aromatic amines is 1. The van der Waals surface area contributed by atoms with Gasteiger partial charge in [0.1, 0.15) is 17.3 Å². The van der Waals surface area contributed by atoms with E-state index in [1.165, 1.54) is 0 Å². The number of imidazole rings is 1. The smallest absolute Gasteiger partial charge is 0.123 e. The van der Waals surface area contributed by atoms with E-state index in [9.17, 15) is 5.11 Å². The van der Waals surface area contributed by atoms with Crippen LogP contribution in [0, 0.1) is 0 Å². The van der Waals surface area contributed by atoms with Crippen molar-refractivity contribution in [3.8, 4) is 11.5 Å². The van der Waals surface area contributed by atoms with Crippen molar-refractivity contribution in [1.82, 2.24) is 15.3 Å². The van der Waals surface area contributed by atoms with E-state index < -0.39 is 0 Å². The number of rotatable bonds is 6. The summed E-state index contributed by atoms with van der Waals surface area (Å²) in [5.41, 5.74) is 0.810. The van der Waals surface area contributed by atoms with Crippen LogP contribution in [0.3, 0.4) is 0 Å². The third kappa shape index (κ3) is 3.26. The molecule has 2 rings (SSSR count). The Balaban J connectivity index is 2.05. The highest BCUT2D eigenvalue weighted by Crippen LogP contribution is 2.23. The van der Waals surface area contributed by atoms with Crippen LogP contribution >= 0.6 is 0 Å². The average Bonchev–Trinajstić information content (AvgIpc) is 2.95. The molecule has 1 atom stereocenters. The topological polar surface area (TPSA) is 70.2 Å². The molecule has 0 aliphatic heterocycles. The predicted octanol–water partition coefficient (Wildman–Crippen LogP) is 2.36. The number of hydrogen-bond donors (Lipinski definition) is 3. The second-order valence-corrected chi connectivity index (χ2v) is 4.31. The van der Waals surface area contributed by atoms with Crippen LogP contribution in [0.5, 0.6) is 11.5 Å². The van der Waals surface area contributed by atoms with Gasteiger partial charge in [0.05, 0.1) is 13.2 Å². The SMILES string of the molecule is CCC(NCc1cc(OC)ccc1O)c1ncc[nH]1. The third-order valence-electron chi connectivity index (χ3n) is 3.08. The van der Waals surface area contributed by atoms with Gasteiger partial charge in [-0.25, -0.2) is 4.98 Å². The van der Waals surface area contributed by atoms with E-state index in [4.69, 9.17) is 4.74 Å². The highest BCUT2D eigenvalue weighted by atomic mass is 16.5. The minimum absolute atomic E-state index is 0.139. The molecule has 5 heteroatoms. The summed E-state index contributed by atoms with van der Waals surface area (Å²) in [5, 5.41) is 13.2. The number of benzene rings is 1. The van der Waals surface area contributed by atoms with Gasteiger partial charge in [-0.3, -0.25) is 0 Å². The van der Waals surface area contributed by atoms with E-state index in [1.807, 2.05) is 12.3 Å². The summed E-state index contributed by atoms with van der Waals surface area (Å²) in [6.45, 7) is 2.65. The van der Waals surface area contributed by atoms with Crippen molar-refractivity contribution in [3.05, 3.63) is 42.0 Å². The van der Waals surface area contributed by atoms with Crippen LogP contribution < -0.4 is 10.1 Å². The van der Waals surface area contributed by atoms with Gasteiger partial charge in [0.15, 0.2) is 0 Å². The van der Waals surface area contributed by atoms with E-state index >= 15 is 0 Å². The Morgan fingerprint density at radius 1 is 1.47 bits per heavy atom. The maximum absolute atomic E-state index is 9.83. The highest BCUT2D eigenvalue weighted by Gasteiger charge is 2.12. The largest absolute Gasteiger partial charge is 0.508 e. The first kappa shape index (κ1) is 13.4. The van der Waals surface area contributed by atoms with Gasteiger partial charge in [-0.2, -0.15) is 0 Å². The molecule has 0 aliphatic rings. The first-order valence-corrected chi connectivity index (χ1v) is 6.33. The molecule has 2 aromatic rings. The molecule has 0 saturated carbocycles. The molecule has 0 bridgehead atoms. The minimum Gasteiger partial charge on any atom is -0.508 e. The number of ether oxygens (including phenoxy) is 1. The van der Waals surface area contributed by atoms with Gasteiger partial charge < -0.3 is 20.1 Å². The zero-order valence-corrected chi connectivity index (χ0v) is 11.2. The maximum atomic E-state index is 9.83. The summed E-state index contributed by atoms with van der Waals surface area (Å²) in [7, 11) is 1.61. The Morgan fingerprint density at radius 3 is 2.95 bits per heavy atom. The second-order valence-electron chi connectivity index (χ2n) is 4.31. The van der Waals surface area contributed by atoms with Crippen molar-refractivity contribution in [2.24, 2.45) is 0 Å². The fraction of sp³-hybridized carbons (Fsp3) is 0.357. The number of hydrogen-bond acceptors (Lipinski definition) is 4. The number of aromatic nitrogens is 2. The van der Waals surface area contributed by atoms with Gasteiger partial charge in [-0.15, -0.1) is 0 Å². The number of H-pyrrole nitrogens is 1. The van der Waals surface area contributed by atoms with Crippen LogP contribution in [0.1, 0.15) is 30.8 Å². The summed E-state index contributed by atoms with van der Waals surface area (Å²) in [6, 6.07) is 5.35. The second kappa shape index (κ2) is 6.24. The lowest BCUT2D eigenvalue weighted by Crippen LogP contribution is -2.21. The summed E-state index contributed by atoms with van der Waals surface area (Å²) < 4.78 is 5.16. The normalized spacial score (nSPS) is 12.3. The van der Waals surface area contributed by atoms with Crippen LogP contribution in [-0.2, 0) is 6.54 Å². The van der Waals surface area contributed by atoms with E-state index in [0.717, 1.165) is 23.6 Å². The molecule has 5 nitrogen and oxygen atoms in total. The molecular formula is C14H19N3O2. The predicted molar refractivity (Wildman–Crippen MR) is 73.1 cm³/mol. The molecule has 19 heavy (non-hydrogen) atoms. The lowest BCUT2D eigenvalue weighted by Gasteiger charge is -2.15. The number of phenolic OH excluding ortho intramolecular Hbond substituents is 1. The van der Waals surface area contributed by atoms with Gasteiger partial charge in [0.25, 0.3) is 0 Å². The molecule has 0 radical (unpaired) electrons. The third-order valence-corrected chi connectivity index (χ3v) is 3.08. The van der Waals surface area contributed by atoms with Crippen molar-refractivity contribution < 1.29 is 9.84 Å². The van der Waals surface area contributed by atoms with Gasteiger partial charge in [0, 0.05) is 24.5 Å². The first-order valence-electron chi connectivity index (χ1n) is 6.33. The van der Waals surface area contributed by atoms with Crippen molar-refractivity contribution >= 4 is 0 Å². The van der Waals surface area contributed by atoms with Crippen molar-refractivity contribution in [2.45, 2.75) is 25.9 Å². The molecule has 0 spiro atoms. The molecule has 0 aliphatic carbocycles. The molecule has 1 aromatic carbocycles. The molecule has 0 amide bonds. The zero-order chi connectivity index (χ0) is 13.7. The van der Waals surface area contributed by atoms with Crippen LogP contribution in [-0.4, -0.2) is 22.2 Å². The van der Waals surface area contributed by atoms with E-state index in [0.29, 0.717) is 6.54 Å². The van der Waals surface area contributed by atoms with Crippen molar-refractivity contribution in [1.29, 1.82) is 0 Å². The van der Waals surface area contributed by atoms with Crippen LogP contribution in [0.25, 0.3) is 0 Å². The van der Waals surface area contributed by atoms with Gasteiger partial charge in [0.2, 0.25) is 0 Å². The summed E-state index contributed by atoms with van der Waals surface area (Å²) in [6.07, 6.45) is 4.46. The summed E-state index contributed by atoms with van der Waals surface area (Å²) >= 11 is 0. The highest BCUT2D eigenvalue weighted by molar-refractivity contribution is 5.39. The van der Waals surface area contributed by atoms with Gasteiger partial charge in [-0.1, -0.05) is 6.92 Å². The number of nitrogens with zero attached hydrogens (tertiary/aromatic N) is 1. The van der Waals surface area contributed by atoms with E-state index in [1.54, 1.807) is 25.4 Å². The molecule has 3 N–H and O–H groups in total. The Bertz CT molecular complexity index is 511. The lowest BCUT2D eigenvalue weighted by atomic mass is 10.1. The lowest BCUT2D eigenvalue weighted by molar-refractivity contribution is 0.408. The molecule has 1 aromatic heterocycles. The van der Waals surface area contributed by atoms with E-state index in [2.05, 4.69) is 22.2 Å². The van der Waals surface area contributed by atoms with Crippen LogP contribution in [0.15, 0.2) is 30.6 Å². The van der Waals surface area contributed by atoms with E-state index in [-0.39, 0.29) is 11.8 Å². The van der Waals surface area contributed by atoms with Crippen LogP contribution in [0.2, 0.25) is 0 Å². The number of nitrogens with one attached hydrogen (secondary N) is 2. The molecule has 102 valence electrons. The zero-order valence-electron chi connectivity index (χ0n) is 11.2. The van der Waals surface area contributed by atoms with Gasteiger partial charge >= 0.3 is 0 Å². The number of aromatic hydroxyl groups is 1. The molecule has 0 saturated heterocycles. The molecular weight excluding hydrogens is 242 g/mol. The summed E-state index contributed by atoms with van der Waals surface area (Å²) in [4.78, 5) is 7.35.